The van der Waals surface area contributed by atoms with Gasteiger partial charge in [0.1, 0.15) is 18.6 Å². The lowest BCUT2D eigenvalue weighted by molar-refractivity contribution is 0.0460. The van der Waals surface area contributed by atoms with Crippen molar-refractivity contribution >= 4 is 5.97 Å². The van der Waals surface area contributed by atoms with Crippen LogP contribution < -0.4 is 0 Å². The predicted octanol–water partition coefficient (Wildman–Crippen LogP) is -0.0483. The maximum Gasteiger partial charge on any atom is 0.357 e. The smallest absolute Gasteiger partial charge is 0.357 e. The van der Waals surface area contributed by atoms with Gasteiger partial charge in [0.25, 0.3) is 0 Å². The number of nitrogens with one attached hydrogen (secondary N) is 1. The van der Waals surface area contributed by atoms with E-state index in [0.29, 0.717) is 5.69 Å². The number of rotatable bonds is 3. The van der Waals surface area contributed by atoms with Crippen LogP contribution in [-0.4, -0.2) is 31.3 Å². The second-order valence-electron chi connectivity index (χ2n) is 2.63. The van der Waals surface area contributed by atoms with Crippen LogP contribution in [0.4, 0.5) is 0 Å². The first-order valence-corrected chi connectivity index (χ1v) is 4.14. The van der Waals surface area contributed by atoms with Crippen LogP contribution in [0.5, 0.6) is 0 Å². The predicted molar refractivity (Wildman–Crippen MR) is 47.5 cm³/mol. The Morgan fingerprint density at radius 2 is 2.47 bits per heavy atom. The molecular weight excluding hydrogens is 198 g/mol. The van der Waals surface area contributed by atoms with Crippen molar-refractivity contribution in [3.05, 3.63) is 36.2 Å². The zero-order chi connectivity index (χ0) is 10.5. The van der Waals surface area contributed by atoms with Crippen molar-refractivity contribution < 1.29 is 9.53 Å². The SMILES string of the molecule is O=C(OCc1cn[nH]n1)c1ccncn1. The number of aromatic amines is 1. The van der Waals surface area contributed by atoms with E-state index in [1.165, 1.54) is 24.8 Å². The maximum atomic E-state index is 11.4. The third-order valence-corrected chi connectivity index (χ3v) is 1.61. The van der Waals surface area contributed by atoms with E-state index in [9.17, 15) is 4.79 Å². The number of hydrogen-bond acceptors (Lipinski definition) is 6. The number of H-pyrrole nitrogens is 1. The molecule has 2 aromatic heterocycles. The summed E-state index contributed by atoms with van der Waals surface area (Å²) in [7, 11) is 0. The van der Waals surface area contributed by atoms with Crippen molar-refractivity contribution in [2.24, 2.45) is 0 Å². The highest BCUT2D eigenvalue weighted by molar-refractivity contribution is 5.86. The van der Waals surface area contributed by atoms with E-state index in [1.807, 2.05) is 0 Å². The summed E-state index contributed by atoms with van der Waals surface area (Å²) in [5.41, 5.74) is 0.769. The van der Waals surface area contributed by atoms with Crippen molar-refractivity contribution in [3.8, 4) is 0 Å². The summed E-state index contributed by atoms with van der Waals surface area (Å²) in [6, 6.07) is 1.48. The molecule has 0 spiro atoms. The monoisotopic (exact) mass is 205 g/mol. The van der Waals surface area contributed by atoms with E-state index in [4.69, 9.17) is 4.74 Å². The summed E-state index contributed by atoms with van der Waals surface area (Å²) in [6.07, 6.45) is 4.24. The normalized spacial score (nSPS) is 9.87. The molecule has 2 aromatic rings. The highest BCUT2D eigenvalue weighted by Crippen LogP contribution is 1.99. The molecule has 0 bridgehead atoms. The van der Waals surface area contributed by atoms with Gasteiger partial charge in [-0.15, -0.1) is 0 Å². The average molecular weight is 205 g/mol. The Morgan fingerprint density at radius 3 is 3.13 bits per heavy atom. The van der Waals surface area contributed by atoms with Crippen LogP contribution in [0, 0.1) is 0 Å². The lowest BCUT2D eigenvalue weighted by Gasteiger charge is -2.00. The Balaban J connectivity index is 1.94. The highest BCUT2D eigenvalue weighted by atomic mass is 16.5. The number of esters is 1. The molecule has 0 unspecified atom stereocenters. The molecule has 0 aliphatic carbocycles. The Hall–Kier alpha value is -2.31. The minimum atomic E-state index is -0.514. The lowest BCUT2D eigenvalue weighted by Crippen LogP contribution is -2.07. The third-order valence-electron chi connectivity index (χ3n) is 1.61. The molecule has 0 aliphatic heterocycles. The summed E-state index contributed by atoms with van der Waals surface area (Å²) in [5.74, 6) is -0.514. The van der Waals surface area contributed by atoms with E-state index in [2.05, 4.69) is 25.4 Å². The molecule has 0 aliphatic rings. The molecule has 7 heteroatoms. The Kier molecular flexibility index (Phi) is 2.63. The number of carbonyl (C=O) groups excluding carboxylic acids is 1. The van der Waals surface area contributed by atoms with E-state index in [0.717, 1.165) is 0 Å². The fourth-order valence-corrected chi connectivity index (χ4v) is 0.920. The summed E-state index contributed by atoms with van der Waals surface area (Å²) in [6.45, 7) is 0.0688. The van der Waals surface area contributed by atoms with Crippen molar-refractivity contribution in [2.75, 3.05) is 0 Å². The van der Waals surface area contributed by atoms with Crippen molar-refractivity contribution in [2.45, 2.75) is 6.61 Å². The fourth-order valence-electron chi connectivity index (χ4n) is 0.920. The van der Waals surface area contributed by atoms with Gasteiger partial charge >= 0.3 is 5.97 Å². The molecule has 0 amide bonds. The van der Waals surface area contributed by atoms with Gasteiger partial charge in [0.2, 0.25) is 0 Å². The topological polar surface area (TPSA) is 93.7 Å². The minimum Gasteiger partial charge on any atom is -0.454 e. The number of ether oxygens (including phenoxy) is 1. The van der Waals surface area contributed by atoms with E-state index in [-0.39, 0.29) is 12.3 Å². The maximum absolute atomic E-state index is 11.4. The van der Waals surface area contributed by atoms with Crippen molar-refractivity contribution in [1.29, 1.82) is 0 Å². The third kappa shape index (κ3) is 2.33. The van der Waals surface area contributed by atoms with Gasteiger partial charge in [0.15, 0.2) is 5.69 Å². The van der Waals surface area contributed by atoms with Gasteiger partial charge in [-0.2, -0.15) is 15.4 Å². The molecule has 0 saturated carbocycles. The lowest BCUT2D eigenvalue weighted by atomic mass is 10.4. The molecule has 0 aromatic carbocycles. The molecule has 76 valence electrons. The van der Waals surface area contributed by atoms with Crippen LogP contribution in [0.15, 0.2) is 24.8 Å². The van der Waals surface area contributed by atoms with Gasteiger partial charge in [-0.1, -0.05) is 0 Å². The molecule has 2 rings (SSSR count). The largest absolute Gasteiger partial charge is 0.454 e. The summed E-state index contributed by atoms with van der Waals surface area (Å²) in [5, 5.41) is 9.73. The van der Waals surface area contributed by atoms with Crippen LogP contribution in [0.2, 0.25) is 0 Å². The van der Waals surface area contributed by atoms with Crippen molar-refractivity contribution in [1.82, 2.24) is 25.4 Å². The van der Waals surface area contributed by atoms with Crippen molar-refractivity contribution in [3.63, 3.8) is 0 Å². The van der Waals surface area contributed by atoms with E-state index < -0.39 is 5.97 Å². The fraction of sp³-hybridized carbons (Fsp3) is 0.125. The molecule has 1 N–H and O–H groups in total. The van der Waals surface area contributed by atoms with Crippen LogP contribution in [0.25, 0.3) is 0 Å². The van der Waals surface area contributed by atoms with E-state index >= 15 is 0 Å². The van der Waals surface area contributed by atoms with Gasteiger partial charge in [-0.3, -0.25) is 0 Å². The Bertz CT molecular complexity index is 428. The molecule has 2 heterocycles. The number of nitrogens with zero attached hydrogens (tertiary/aromatic N) is 4. The average Bonchev–Trinajstić information content (AvgIpc) is 2.80. The first-order chi connectivity index (χ1) is 7.36. The van der Waals surface area contributed by atoms with Crippen LogP contribution in [0.3, 0.4) is 0 Å². The zero-order valence-electron chi connectivity index (χ0n) is 7.62. The second-order valence-corrected chi connectivity index (χ2v) is 2.63. The standard InChI is InChI=1S/C8H7N5O2/c14-8(7-1-2-9-5-10-7)15-4-6-3-11-13-12-6/h1-3,5H,4H2,(H,11,12,13). The summed E-state index contributed by atoms with van der Waals surface area (Å²) >= 11 is 0. The quantitative estimate of drug-likeness (QED) is 0.706. The molecule has 15 heavy (non-hydrogen) atoms. The van der Waals surface area contributed by atoms with Gasteiger partial charge in [-0.25, -0.2) is 14.8 Å². The van der Waals surface area contributed by atoms with Gasteiger partial charge in [-0.05, 0) is 6.07 Å². The number of hydrogen-bond donors (Lipinski definition) is 1. The van der Waals surface area contributed by atoms with E-state index in [1.54, 1.807) is 0 Å². The molecule has 0 fully saturated rings. The first kappa shape index (κ1) is 9.25. The minimum absolute atomic E-state index is 0.0688. The number of carbonyl (C=O) groups is 1. The van der Waals surface area contributed by atoms with Crippen LogP contribution >= 0.6 is 0 Å². The van der Waals surface area contributed by atoms with Gasteiger partial charge in [0.05, 0.1) is 6.20 Å². The second kappa shape index (κ2) is 4.27. The van der Waals surface area contributed by atoms with Gasteiger partial charge in [0, 0.05) is 6.20 Å². The summed E-state index contributed by atoms with van der Waals surface area (Å²) < 4.78 is 4.92. The van der Waals surface area contributed by atoms with Crippen LogP contribution in [0.1, 0.15) is 16.2 Å². The Morgan fingerprint density at radius 1 is 1.53 bits per heavy atom. The summed E-state index contributed by atoms with van der Waals surface area (Å²) in [4.78, 5) is 18.8. The number of aromatic nitrogens is 5. The zero-order valence-corrected chi connectivity index (χ0v) is 7.62. The van der Waals surface area contributed by atoms with Gasteiger partial charge < -0.3 is 4.74 Å². The molecule has 7 nitrogen and oxygen atoms in total. The molecule has 0 saturated heterocycles. The molecule has 0 radical (unpaired) electrons. The molecular formula is C8H7N5O2. The molecule has 0 atom stereocenters. The highest BCUT2D eigenvalue weighted by Gasteiger charge is 2.08. The Labute approximate surface area is 84.5 Å². The first-order valence-electron chi connectivity index (χ1n) is 4.14. The van der Waals surface area contributed by atoms with Crippen LogP contribution in [-0.2, 0) is 11.3 Å².